The molecule has 0 unspecified atom stereocenters. The van der Waals surface area contributed by atoms with Gasteiger partial charge in [0.2, 0.25) is 0 Å². The Kier molecular flexibility index (Phi) is 5.18. The first kappa shape index (κ1) is 23.7. The lowest BCUT2D eigenvalue weighted by molar-refractivity contribution is 0.102. The van der Waals surface area contributed by atoms with Crippen LogP contribution in [0.4, 0.5) is 0 Å². The molecule has 0 atom stereocenters. The minimum Gasteiger partial charge on any atom is -0.381 e. The van der Waals surface area contributed by atoms with E-state index in [-0.39, 0.29) is 0 Å². The van der Waals surface area contributed by atoms with Gasteiger partial charge in [0.15, 0.2) is 0 Å². The largest absolute Gasteiger partial charge is 0.381 e. The van der Waals surface area contributed by atoms with E-state index < -0.39 is 5.60 Å². The number of hydrogen-bond donors (Lipinski definition) is 1. The molecule has 0 aliphatic rings. The lowest BCUT2D eigenvalue weighted by atomic mass is 9.88. The van der Waals surface area contributed by atoms with Crippen LogP contribution in [0.15, 0.2) is 146 Å². The van der Waals surface area contributed by atoms with Gasteiger partial charge in [-0.05, 0) is 66.6 Å². The van der Waals surface area contributed by atoms with Crippen LogP contribution in [-0.4, -0.2) is 14.2 Å². The van der Waals surface area contributed by atoms with Crippen molar-refractivity contribution in [3.63, 3.8) is 0 Å². The lowest BCUT2D eigenvalue weighted by Gasteiger charge is -2.25. The van der Waals surface area contributed by atoms with E-state index in [9.17, 15) is 5.11 Å². The van der Waals surface area contributed by atoms with Crippen LogP contribution in [-0.2, 0) is 5.60 Å². The fourth-order valence-electron chi connectivity index (χ4n) is 6.44. The van der Waals surface area contributed by atoms with Crippen molar-refractivity contribution < 1.29 is 5.11 Å². The molecule has 0 aliphatic carbocycles. The van der Waals surface area contributed by atoms with Gasteiger partial charge in [-0.15, -0.1) is 0 Å². The third kappa shape index (κ3) is 3.56. The van der Waals surface area contributed by atoms with Gasteiger partial charge in [0, 0.05) is 32.9 Å². The number of para-hydroxylation sites is 4. The number of nitrogens with zero attached hydrogens (tertiary/aromatic N) is 2. The molecule has 0 bridgehead atoms. The van der Waals surface area contributed by atoms with E-state index in [4.69, 9.17) is 0 Å². The summed E-state index contributed by atoms with van der Waals surface area (Å²) in [5, 5.41) is 16.7. The Labute approximate surface area is 238 Å². The van der Waals surface area contributed by atoms with Crippen LogP contribution < -0.4 is 0 Å². The van der Waals surface area contributed by atoms with Gasteiger partial charge in [-0.3, -0.25) is 0 Å². The van der Waals surface area contributed by atoms with E-state index in [0.29, 0.717) is 0 Å². The summed E-state index contributed by atoms with van der Waals surface area (Å²) < 4.78 is 4.59. The van der Waals surface area contributed by atoms with Crippen molar-refractivity contribution in [3.05, 3.63) is 157 Å². The first-order valence-corrected chi connectivity index (χ1v) is 14.0. The average molecular weight is 529 g/mol. The molecule has 8 aromatic rings. The zero-order valence-corrected chi connectivity index (χ0v) is 22.7. The van der Waals surface area contributed by atoms with Crippen molar-refractivity contribution in [3.8, 4) is 11.4 Å². The molecule has 0 fully saturated rings. The van der Waals surface area contributed by atoms with E-state index in [1.54, 1.807) is 0 Å². The molecule has 0 spiro atoms. The molecule has 0 saturated carbocycles. The Hall–Kier alpha value is -5.12. The van der Waals surface area contributed by atoms with Crippen LogP contribution in [0.3, 0.4) is 0 Å². The molecule has 0 aliphatic heterocycles. The van der Waals surface area contributed by atoms with Crippen molar-refractivity contribution >= 4 is 43.6 Å². The summed E-state index contributed by atoms with van der Waals surface area (Å²) >= 11 is 0. The first-order valence-electron chi connectivity index (χ1n) is 14.0. The molecule has 3 heteroatoms. The van der Waals surface area contributed by atoms with Crippen molar-refractivity contribution in [2.24, 2.45) is 0 Å². The van der Waals surface area contributed by atoms with Gasteiger partial charge in [0.25, 0.3) is 0 Å². The van der Waals surface area contributed by atoms with Gasteiger partial charge in [-0.1, -0.05) is 97.1 Å². The molecule has 41 heavy (non-hydrogen) atoms. The summed E-state index contributed by atoms with van der Waals surface area (Å²) in [5.41, 5.74) is 7.41. The Morgan fingerprint density at radius 1 is 0.390 bits per heavy atom. The van der Waals surface area contributed by atoms with Gasteiger partial charge >= 0.3 is 0 Å². The van der Waals surface area contributed by atoms with Crippen molar-refractivity contribution in [2.75, 3.05) is 0 Å². The van der Waals surface area contributed by atoms with Crippen molar-refractivity contribution in [1.29, 1.82) is 0 Å². The number of aromatic nitrogens is 2. The SMILES string of the molecule is CC(O)(c1ccc(-n2c3ccccc3c3ccccc32)cc1)c1ccc(-n2c3ccccc3c3ccccc32)cc1. The lowest BCUT2D eigenvalue weighted by Crippen LogP contribution is -2.22. The number of hydrogen-bond acceptors (Lipinski definition) is 1. The second-order valence-electron chi connectivity index (χ2n) is 10.9. The predicted octanol–water partition coefficient (Wildman–Crippen LogP) is 9.14. The monoisotopic (exact) mass is 528 g/mol. The van der Waals surface area contributed by atoms with Crippen LogP contribution in [0, 0.1) is 0 Å². The number of aliphatic hydroxyl groups is 1. The Morgan fingerprint density at radius 2 is 0.659 bits per heavy atom. The zero-order chi connectivity index (χ0) is 27.6. The third-order valence-corrected chi connectivity index (χ3v) is 8.54. The van der Waals surface area contributed by atoms with Crippen LogP contribution in [0.25, 0.3) is 55.0 Å². The minimum atomic E-state index is -1.14. The minimum absolute atomic E-state index is 0.853. The summed E-state index contributed by atoms with van der Waals surface area (Å²) in [5.74, 6) is 0. The van der Waals surface area contributed by atoms with E-state index in [2.05, 4.69) is 130 Å². The maximum absolute atomic E-state index is 11.8. The average Bonchev–Trinajstić information content (AvgIpc) is 3.54. The van der Waals surface area contributed by atoms with E-state index in [1.807, 2.05) is 31.2 Å². The van der Waals surface area contributed by atoms with Crippen LogP contribution in [0.1, 0.15) is 18.1 Å². The van der Waals surface area contributed by atoms with Crippen LogP contribution >= 0.6 is 0 Å². The number of benzene rings is 6. The Morgan fingerprint density at radius 3 is 0.951 bits per heavy atom. The molecule has 2 heterocycles. The number of fused-ring (bicyclic) bond motifs is 6. The van der Waals surface area contributed by atoms with Gasteiger partial charge < -0.3 is 14.2 Å². The molecule has 0 radical (unpaired) electrons. The quantitative estimate of drug-likeness (QED) is 0.243. The Balaban J connectivity index is 1.17. The summed E-state index contributed by atoms with van der Waals surface area (Å²) in [4.78, 5) is 0. The fourth-order valence-corrected chi connectivity index (χ4v) is 6.44. The summed E-state index contributed by atoms with van der Waals surface area (Å²) in [6, 6.07) is 50.6. The normalized spacial score (nSPS) is 12.1. The predicted molar refractivity (Wildman–Crippen MR) is 170 cm³/mol. The van der Waals surface area contributed by atoms with Crippen molar-refractivity contribution in [2.45, 2.75) is 12.5 Å². The topological polar surface area (TPSA) is 30.1 Å². The zero-order valence-electron chi connectivity index (χ0n) is 22.7. The van der Waals surface area contributed by atoms with E-state index in [1.165, 1.54) is 43.6 Å². The summed E-state index contributed by atoms with van der Waals surface area (Å²) in [6.45, 7) is 1.87. The van der Waals surface area contributed by atoms with Gasteiger partial charge in [-0.2, -0.15) is 0 Å². The second-order valence-corrected chi connectivity index (χ2v) is 10.9. The smallest absolute Gasteiger partial charge is 0.112 e. The molecule has 0 amide bonds. The second kappa shape index (κ2) is 8.95. The summed E-state index contributed by atoms with van der Waals surface area (Å²) in [6.07, 6.45) is 0. The fraction of sp³-hybridized carbons (Fsp3) is 0.0526. The highest BCUT2D eigenvalue weighted by Crippen LogP contribution is 2.36. The van der Waals surface area contributed by atoms with Crippen LogP contribution in [0.2, 0.25) is 0 Å². The third-order valence-electron chi connectivity index (χ3n) is 8.54. The summed E-state index contributed by atoms with van der Waals surface area (Å²) in [7, 11) is 0. The van der Waals surface area contributed by atoms with Crippen molar-refractivity contribution in [1.82, 2.24) is 9.13 Å². The molecule has 2 aromatic heterocycles. The first-order chi connectivity index (χ1) is 20.1. The Bertz CT molecular complexity index is 1950. The standard InChI is InChI=1S/C38H28N2O/c1-38(41,26-18-22-28(23-19-26)39-34-14-6-2-10-30(34)31-11-3-7-15-35(31)39)27-20-24-29(25-21-27)40-36-16-8-4-12-32(36)33-13-5-9-17-37(33)40/h2-25,41H,1H3. The van der Waals surface area contributed by atoms with Gasteiger partial charge in [0.05, 0.1) is 22.1 Å². The highest BCUT2D eigenvalue weighted by Gasteiger charge is 2.26. The molecule has 196 valence electrons. The van der Waals surface area contributed by atoms with Gasteiger partial charge in [-0.25, -0.2) is 0 Å². The van der Waals surface area contributed by atoms with Crippen LogP contribution in [0.5, 0.6) is 0 Å². The van der Waals surface area contributed by atoms with E-state index >= 15 is 0 Å². The molecular formula is C38H28N2O. The molecule has 6 aromatic carbocycles. The van der Waals surface area contributed by atoms with Gasteiger partial charge in [0.1, 0.15) is 5.60 Å². The van der Waals surface area contributed by atoms with E-state index in [0.717, 1.165) is 22.5 Å². The highest BCUT2D eigenvalue weighted by atomic mass is 16.3. The molecule has 0 saturated heterocycles. The molecule has 1 N–H and O–H groups in total. The molecular weight excluding hydrogens is 500 g/mol. The highest BCUT2D eigenvalue weighted by molar-refractivity contribution is 6.10. The maximum atomic E-state index is 11.8. The molecule has 8 rings (SSSR count). The molecule has 3 nitrogen and oxygen atoms in total. The number of rotatable bonds is 4. The maximum Gasteiger partial charge on any atom is 0.112 e.